The highest BCUT2D eigenvalue weighted by atomic mass is 32.2. The van der Waals surface area contributed by atoms with Gasteiger partial charge in [0.05, 0.1) is 11.4 Å². The maximum absolute atomic E-state index is 12.2. The van der Waals surface area contributed by atoms with Gasteiger partial charge in [-0.25, -0.2) is 8.42 Å². The van der Waals surface area contributed by atoms with E-state index in [-0.39, 0.29) is 23.7 Å². The molecule has 0 aliphatic carbocycles. The van der Waals surface area contributed by atoms with Crippen molar-refractivity contribution in [1.82, 2.24) is 0 Å². The van der Waals surface area contributed by atoms with Crippen LogP contribution in [0, 0.1) is 0 Å². The smallest absolute Gasteiger partial charge is 0.262 e. The summed E-state index contributed by atoms with van der Waals surface area (Å²) in [4.78, 5) is 12.2. The van der Waals surface area contributed by atoms with E-state index < -0.39 is 10.0 Å². The number of benzene rings is 2. The summed E-state index contributed by atoms with van der Waals surface area (Å²) < 4.78 is 31.1. The minimum atomic E-state index is -3.25. The molecule has 0 spiro atoms. The van der Waals surface area contributed by atoms with Gasteiger partial charge in [0.2, 0.25) is 10.0 Å². The van der Waals surface area contributed by atoms with E-state index in [4.69, 9.17) is 4.74 Å². The predicted molar refractivity (Wildman–Crippen MR) is 111 cm³/mol. The Balaban J connectivity index is 1.59. The molecule has 150 valence electrons. The van der Waals surface area contributed by atoms with Crippen molar-refractivity contribution in [3.05, 3.63) is 54.1 Å². The summed E-state index contributed by atoms with van der Waals surface area (Å²) >= 11 is 0. The molecule has 1 aliphatic heterocycles. The van der Waals surface area contributed by atoms with Crippen molar-refractivity contribution >= 4 is 27.3 Å². The van der Waals surface area contributed by atoms with Gasteiger partial charge in [0.25, 0.3) is 5.91 Å². The Bertz CT molecular complexity index is 947. The second-order valence-corrected chi connectivity index (χ2v) is 9.92. The molecule has 1 N–H and O–H groups in total. The highest BCUT2D eigenvalue weighted by molar-refractivity contribution is 7.93. The van der Waals surface area contributed by atoms with Gasteiger partial charge in [-0.3, -0.25) is 9.10 Å². The van der Waals surface area contributed by atoms with Gasteiger partial charge >= 0.3 is 0 Å². The van der Waals surface area contributed by atoms with Crippen LogP contribution in [-0.4, -0.2) is 33.2 Å². The number of carbonyl (C=O) groups excluding carboxylic acids is 1. The molecule has 3 rings (SSSR count). The summed E-state index contributed by atoms with van der Waals surface area (Å²) in [6.45, 7) is 6.75. The molecule has 1 aliphatic rings. The first-order chi connectivity index (χ1) is 13.1. The molecule has 0 unspecified atom stereocenters. The summed E-state index contributed by atoms with van der Waals surface area (Å²) in [5.74, 6) is 0.479. The molecule has 0 radical (unpaired) electrons. The van der Waals surface area contributed by atoms with E-state index in [0.29, 0.717) is 30.1 Å². The number of anilines is 2. The average molecular weight is 403 g/mol. The second-order valence-electron chi connectivity index (χ2n) is 7.90. The quantitative estimate of drug-likeness (QED) is 0.830. The molecule has 0 aromatic heterocycles. The molecule has 28 heavy (non-hydrogen) atoms. The Morgan fingerprint density at radius 1 is 1.14 bits per heavy atom. The highest BCUT2D eigenvalue weighted by Crippen LogP contribution is 2.27. The van der Waals surface area contributed by atoms with Crippen LogP contribution in [-0.2, 0) is 20.2 Å². The fourth-order valence-corrected chi connectivity index (χ4v) is 4.62. The number of ether oxygens (including phenoxy) is 1. The van der Waals surface area contributed by atoms with Crippen LogP contribution in [0.4, 0.5) is 11.4 Å². The number of rotatable bonds is 5. The van der Waals surface area contributed by atoms with E-state index in [1.165, 1.54) is 9.87 Å². The molecule has 1 fully saturated rings. The monoisotopic (exact) mass is 402 g/mol. The molecular weight excluding hydrogens is 376 g/mol. The topological polar surface area (TPSA) is 75.7 Å². The normalized spacial score (nSPS) is 16.0. The molecule has 2 aromatic carbocycles. The largest absolute Gasteiger partial charge is 0.484 e. The lowest BCUT2D eigenvalue weighted by Crippen LogP contribution is -2.25. The Hall–Kier alpha value is -2.54. The van der Waals surface area contributed by atoms with Crippen LogP contribution >= 0.6 is 0 Å². The van der Waals surface area contributed by atoms with Crippen LogP contribution < -0.4 is 14.4 Å². The molecule has 0 saturated carbocycles. The van der Waals surface area contributed by atoms with Gasteiger partial charge in [0, 0.05) is 12.2 Å². The SMILES string of the molecule is CC(C)(C)c1ccc(OCC(=O)Nc2cccc(N3CCCS3(=O)=O)c2)cc1. The molecule has 0 atom stereocenters. The molecule has 1 amide bonds. The second kappa shape index (κ2) is 7.83. The van der Waals surface area contributed by atoms with Crippen LogP contribution in [0.3, 0.4) is 0 Å². The zero-order valence-electron chi connectivity index (χ0n) is 16.4. The molecule has 6 nitrogen and oxygen atoms in total. The van der Waals surface area contributed by atoms with E-state index in [0.717, 1.165) is 0 Å². The maximum atomic E-state index is 12.2. The van der Waals surface area contributed by atoms with Gasteiger partial charge in [0.1, 0.15) is 5.75 Å². The molecule has 2 aromatic rings. The standard InChI is InChI=1S/C21H26N2O4S/c1-21(2,3)16-8-10-19(11-9-16)27-15-20(24)22-17-6-4-7-18(14-17)23-12-5-13-28(23,25)26/h4,6-11,14H,5,12-13,15H2,1-3H3,(H,22,24). The summed E-state index contributed by atoms with van der Waals surface area (Å²) in [6, 6.07) is 14.5. The van der Waals surface area contributed by atoms with E-state index in [2.05, 4.69) is 26.1 Å². The zero-order chi connectivity index (χ0) is 20.4. The molecule has 7 heteroatoms. The zero-order valence-corrected chi connectivity index (χ0v) is 17.3. The lowest BCUT2D eigenvalue weighted by atomic mass is 9.87. The molecule has 1 heterocycles. The first kappa shape index (κ1) is 20.2. The Morgan fingerprint density at radius 3 is 2.46 bits per heavy atom. The van der Waals surface area contributed by atoms with Crippen molar-refractivity contribution in [1.29, 1.82) is 0 Å². The minimum Gasteiger partial charge on any atom is -0.484 e. The van der Waals surface area contributed by atoms with Crippen molar-refractivity contribution < 1.29 is 17.9 Å². The van der Waals surface area contributed by atoms with Crippen molar-refractivity contribution in [3.8, 4) is 5.75 Å². The van der Waals surface area contributed by atoms with E-state index in [1.54, 1.807) is 24.3 Å². The third kappa shape index (κ3) is 4.84. The predicted octanol–water partition coefficient (Wildman–Crippen LogP) is 3.54. The number of carbonyl (C=O) groups is 1. The minimum absolute atomic E-state index is 0.0593. The molecule has 0 bridgehead atoms. The lowest BCUT2D eigenvalue weighted by molar-refractivity contribution is -0.118. The van der Waals surface area contributed by atoms with Crippen LogP contribution in [0.5, 0.6) is 5.75 Å². The van der Waals surface area contributed by atoms with E-state index in [9.17, 15) is 13.2 Å². The number of amides is 1. The Labute approximate surface area is 166 Å². The van der Waals surface area contributed by atoms with Crippen LogP contribution in [0.25, 0.3) is 0 Å². The highest BCUT2D eigenvalue weighted by Gasteiger charge is 2.28. The van der Waals surface area contributed by atoms with Gasteiger partial charge in [0.15, 0.2) is 6.61 Å². The van der Waals surface area contributed by atoms with Crippen LogP contribution in [0.2, 0.25) is 0 Å². The first-order valence-corrected chi connectivity index (χ1v) is 10.9. The van der Waals surface area contributed by atoms with E-state index in [1.807, 2.05) is 24.3 Å². The van der Waals surface area contributed by atoms with Crippen LogP contribution in [0.15, 0.2) is 48.5 Å². The van der Waals surface area contributed by atoms with Crippen molar-refractivity contribution in [2.24, 2.45) is 0 Å². The van der Waals surface area contributed by atoms with Gasteiger partial charge in [-0.1, -0.05) is 39.0 Å². The Kier molecular flexibility index (Phi) is 5.65. The van der Waals surface area contributed by atoms with Gasteiger partial charge in [-0.15, -0.1) is 0 Å². The number of nitrogens with one attached hydrogen (secondary N) is 1. The van der Waals surface area contributed by atoms with Gasteiger partial charge in [-0.05, 0) is 47.7 Å². The maximum Gasteiger partial charge on any atom is 0.262 e. The number of nitrogens with zero attached hydrogens (tertiary/aromatic N) is 1. The number of hydrogen-bond acceptors (Lipinski definition) is 4. The summed E-state index contributed by atoms with van der Waals surface area (Å²) in [5, 5.41) is 2.75. The van der Waals surface area contributed by atoms with Gasteiger partial charge < -0.3 is 10.1 Å². The summed E-state index contributed by atoms with van der Waals surface area (Å²) in [7, 11) is -3.25. The van der Waals surface area contributed by atoms with Crippen molar-refractivity contribution in [3.63, 3.8) is 0 Å². The van der Waals surface area contributed by atoms with Crippen molar-refractivity contribution in [2.45, 2.75) is 32.6 Å². The number of hydrogen-bond donors (Lipinski definition) is 1. The summed E-state index contributed by atoms with van der Waals surface area (Å²) in [6.07, 6.45) is 0.612. The third-order valence-corrected chi connectivity index (χ3v) is 6.48. The fraction of sp³-hybridized carbons (Fsp3) is 0.381. The average Bonchev–Trinajstić information content (AvgIpc) is 2.99. The van der Waals surface area contributed by atoms with E-state index >= 15 is 0 Å². The lowest BCUT2D eigenvalue weighted by Gasteiger charge is -2.19. The third-order valence-electron chi connectivity index (χ3n) is 4.61. The van der Waals surface area contributed by atoms with Crippen LogP contribution in [0.1, 0.15) is 32.8 Å². The first-order valence-electron chi connectivity index (χ1n) is 9.29. The summed E-state index contributed by atoms with van der Waals surface area (Å²) in [5.41, 5.74) is 2.35. The van der Waals surface area contributed by atoms with Gasteiger partial charge in [-0.2, -0.15) is 0 Å². The molecule has 1 saturated heterocycles. The van der Waals surface area contributed by atoms with Crippen molar-refractivity contribution in [2.75, 3.05) is 28.5 Å². The Morgan fingerprint density at radius 2 is 1.86 bits per heavy atom. The number of sulfonamides is 1. The molecular formula is C21H26N2O4S. The fourth-order valence-electron chi connectivity index (χ4n) is 3.07.